The summed E-state index contributed by atoms with van der Waals surface area (Å²) >= 11 is 0. The first kappa shape index (κ1) is 15.4. The number of benzene rings is 1. The molecule has 2 rings (SSSR count). The van der Waals surface area contributed by atoms with Gasteiger partial charge in [-0.25, -0.2) is 0 Å². The van der Waals surface area contributed by atoms with Gasteiger partial charge >= 0.3 is 0 Å². The predicted molar refractivity (Wildman–Crippen MR) is 73.7 cm³/mol. The van der Waals surface area contributed by atoms with Crippen LogP contribution in [0.15, 0.2) is 24.3 Å². The number of non-ortho nitro benzene ring substituents is 1. The van der Waals surface area contributed by atoms with Crippen LogP contribution < -0.4 is 10.6 Å². The van der Waals surface area contributed by atoms with Gasteiger partial charge in [0.1, 0.15) is 0 Å². The molecule has 6 nitrogen and oxygen atoms in total. The highest BCUT2D eigenvalue weighted by Crippen LogP contribution is 2.13. The summed E-state index contributed by atoms with van der Waals surface area (Å²) in [7, 11) is 0. The van der Waals surface area contributed by atoms with E-state index in [2.05, 4.69) is 10.6 Å². The molecule has 0 saturated carbocycles. The quantitative estimate of drug-likeness (QED) is 0.651. The molecule has 0 radical (unpaired) electrons. The maximum atomic E-state index is 11.9. The van der Waals surface area contributed by atoms with Gasteiger partial charge in [0.25, 0.3) is 11.6 Å². The van der Waals surface area contributed by atoms with Gasteiger partial charge in [0, 0.05) is 30.3 Å². The summed E-state index contributed by atoms with van der Waals surface area (Å²) in [5.41, 5.74) is 0.263. The first-order chi connectivity index (χ1) is 8.66. The van der Waals surface area contributed by atoms with Crippen molar-refractivity contribution >= 4 is 24.0 Å². The standard InChI is InChI=1S/C12H15N3O3.ClH/c16-12(14-10-4-2-6-13-8-10)9-3-1-5-11(7-9)15(17)18;/h1,3,5,7,10,13H,2,4,6,8H2,(H,14,16);1H. The van der Waals surface area contributed by atoms with Gasteiger partial charge in [-0.1, -0.05) is 6.07 Å². The maximum absolute atomic E-state index is 11.9. The zero-order valence-electron chi connectivity index (χ0n) is 10.3. The minimum absolute atomic E-state index is 0. The van der Waals surface area contributed by atoms with E-state index in [1.807, 2.05) is 0 Å². The lowest BCUT2D eigenvalue weighted by Crippen LogP contribution is -2.45. The topological polar surface area (TPSA) is 84.3 Å². The molecule has 19 heavy (non-hydrogen) atoms. The Hall–Kier alpha value is -1.66. The Morgan fingerprint density at radius 3 is 2.89 bits per heavy atom. The van der Waals surface area contributed by atoms with Crippen LogP contribution in [0, 0.1) is 10.1 Å². The zero-order valence-corrected chi connectivity index (χ0v) is 11.1. The number of carbonyl (C=O) groups excluding carboxylic acids is 1. The number of nitrogens with zero attached hydrogens (tertiary/aromatic N) is 1. The van der Waals surface area contributed by atoms with Crippen molar-refractivity contribution in [3.8, 4) is 0 Å². The third-order valence-corrected chi connectivity index (χ3v) is 2.95. The molecule has 1 atom stereocenters. The fourth-order valence-electron chi connectivity index (χ4n) is 2.00. The van der Waals surface area contributed by atoms with E-state index in [1.165, 1.54) is 18.2 Å². The van der Waals surface area contributed by atoms with Crippen LogP contribution in [0.3, 0.4) is 0 Å². The molecule has 1 aromatic carbocycles. The molecule has 1 fully saturated rings. The Labute approximate surface area is 117 Å². The van der Waals surface area contributed by atoms with Crippen molar-refractivity contribution in [2.24, 2.45) is 0 Å². The number of hydrogen-bond acceptors (Lipinski definition) is 4. The van der Waals surface area contributed by atoms with E-state index in [0.29, 0.717) is 5.56 Å². The van der Waals surface area contributed by atoms with E-state index >= 15 is 0 Å². The van der Waals surface area contributed by atoms with Crippen molar-refractivity contribution < 1.29 is 9.72 Å². The number of piperidine rings is 1. The second kappa shape index (κ2) is 7.06. The Kier molecular flexibility index (Phi) is 5.72. The minimum Gasteiger partial charge on any atom is -0.348 e. The summed E-state index contributed by atoms with van der Waals surface area (Å²) in [6, 6.07) is 5.88. The third kappa shape index (κ3) is 4.18. The van der Waals surface area contributed by atoms with E-state index < -0.39 is 4.92 Å². The predicted octanol–water partition coefficient (Wildman–Crippen LogP) is 1.50. The molecule has 0 bridgehead atoms. The number of hydrogen-bond donors (Lipinski definition) is 2. The smallest absolute Gasteiger partial charge is 0.270 e. The number of nitrogens with one attached hydrogen (secondary N) is 2. The Morgan fingerprint density at radius 1 is 1.47 bits per heavy atom. The van der Waals surface area contributed by atoms with Crippen molar-refractivity contribution in [2.45, 2.75) is 18.9 Å². The van der Waals surface area contributed by atoms with Crippen LogP contribution in [0.2, 0.25) is 0 Å². The number of amides is 1. The molecule has 0 aromatic heterocycles. The number of nitro benzene ring substituents is 1. The van der Waals surface area contributed by atoms with Crippen molar-refractivity contribution in [2.75, 3.05) is 13.1 Å². The van der Waals surface area contributed by atoms with Crippen LogP contribution in [0.25, 0.3) is 0 Å². The molecular formula is C12H16ClN3O3. The normalized spacial score (nSPS) is 18.2. The first-order valence-electron chi connectivity index (χ1n) is 5.93. The molecule has 7 heteroatoms. The summed E-state index contributed by atoms with van der Waals surface area (Å²) in [4.78, 5) is 22.1. The minimum atomic E-state index is -0.501. The molecule has 104 valence electrons. The Bertz CT molecular complexity index is 461. The van der Waals surface area contributed by atoms with Gasteiger partial charge in [-0.15, -0.1) is 12.4 Å². The maximum Gasteiger partial charge on any atom is 0.270 e. The van der Waals surface area contributed by atoms with Gasteiger partial charge in [0.2, 0.25) is 0 Å². The zero-order chi connectivity index (χ0) is 13.0. The van der Waals surface area contributed by atoms with E-state index in [4.69, 9.17) is 0 Å². The lowest BCUT2D eigenvalue weighted by Gasteiger charge is -2.23. The summed E-state index contributed by atoms with van der Waals surface area (Å²) in [6.07, 6.45) is 1.97. The molecule has 1 aliphatic rings. The van der Waals surface area contributed by atoms with Crippen LogP contribution in [0.4, 0.5) is 5.69 Å². The molecule has 1 unspecified atom stereocenters. The molecule has 1 aliphatic heterocycles. The highest BCUT2D eigenvalue weighted by atomic mass is 35.5. The monoisotopic (exact) mass is 285 g/mol. The first-order valence-corrected chi connectivity index (χ1v) is 5.93. The van der Waals surface area contributed by atoms with Gasteiger partial charge in [-0.05, 0) is 25.5 Å². The number of carbonyl (C=O) groups is 1. The Morgan fingerprint density at radius 2 is 2.26 bits per heavy atom. The van der Waals surface area contributed by atoms with Crippen LogP contribution in [0.1, 0.15) is 23.2 Å². The van der Waals surface area contributed by atoms with Gasteiger partial charge in [-0.3, -0.25) is 14.9 Å². The number of halogens is 1. The summed E-state index contributed by atoms with van der Waals surface area (Å²) in [5.74, 6) is -0.257. The third-order valence-electron chi connectivity index (χ3n) is 2.95. The molecule has 1 saturated heterocycles. The largest absolute Gasteiger partial charge is 0.348 e. The number of nitro groups is 1. The van der Waals surface area contributed by atoms with E-state index in [0.717, 1.165) is 25.9 Å². The lowest BCUT2D eigenvalue weighted by molar-refractivity contribution is -0.384. The van der Waals surface area contributed by atoms with E-state index in [1.54, 1.807) is 6.07 Å². The van der Waals surface area contributed by atoms with Crippen LogP contribution >= 0.6 is 12.4 Å². The van der Waals surface area contributed by atoms with Crippen LogP contribution in [-0.2, 0) is 0 Å². The molecule has 1 heterocycles. The van der Waals surface area contributed by atoms with Crippen molar-refractivity contribution in [1.29, 1.82) is 0 Å². The van der Waals surface area contributed by atoms with Crippen molar-refractivity contribution in [3.05, 3.63) is 39.9 Å². The second-order valence-corrected chi connectivity index (χ2v) is 4.32. The molecule has 1 aromatic rings. The average Bonchev–Trinajstić information content (AvgIpc) is 2.40. The second-order valence-electron chi connectivity index (χ2n) is 4.32. The van der Waals surface area contributed by atoms with Crippen LogP contribution in [-0.4, -0.2) is 30.0 Å². The summed E-state index contributed by atoms with van der Waals surface area (Å²) < 4.78 is 0. The SMILES string of the molecule is Cl.O=C(NC1CCCNC1)c1cccc([N+](=O)[O-])c1. The number of rotatable bonds is 3. The van der Waals surface area contributed by atoms with Crippen LogP contribution in [0.5, 0.6) is 0 Å². The molecule has 2 N–H and O–H groups in total. The molecular weight excluding hydrogens is 270 g/mol. The van der Waals surface area contributed by atoms with Crippen molar-refractivity contribution in [3.63, 3.8) is 0 Å². The van der Waals surface area contributed by atoms with E-state index in [9.17, 15) is 14.9 Å². The fourth-order valence-corrected chi connectivity index (χ4v) is 2.00. The Balaban J connectivity index is 0.00000180. The van der Waals surface area contributed by atoms with Gasteiger partial charge in [0.05, 0.1) is 4.92 Å². The van der Waals surface area contributed by atoms with Gasteiger partial charge in [-0.2, -0.15) is 0 Å². The summed E-state index contributed by atoms with van der Waals surface area (Å²) in [5, 5.41) is 16.7. The van der Waals surface area contributed by atoms with E-state index in [-0.39, 0.29) is 30.0 Å². The average molecular weight is 286 g/mol. The van der Waals surface area contributed by atoms with Crippen molar-refractivity contribution in [1.82, 2.24) is 10.6 Å². The molecule has 0 aliphatic carbocycles. The lowest BCUT2D eigenvalue weighted by atomic mass is 10.1. The highest BCUT2D eigenvalue weighted by molar-refractivity contribution is 5.95. The fraction of sp³-hybridized carbons (Fsp3) is 0.417. The highest BCUT2D eigenvalue weighted by Gasteiger charge is 2.17. The molecule has 1 amide bonds. The molecule has 0 spiro atoms. The van der Waals surface area contributed by atoms with Gasteiger partial charge in [0.15, 0.2) is 0 Å². The van der Waals surface area contributed by atoms with Gasteiger partial charge < -0.3 is 10.6 Å². The summed E-state index contributed by atoms with van der Waals surface area (Å²) in [6.45, 7) is 1.73.